The molecule has 1 rings (SSSR count). The molecule has 1 heteroatoms. The van der Waals surface area contributed by atoms with Crippen molar-refractivity contribution in [3.63, 3.8) is 0 Å². The SMILES string of the molecule is CC(C)(C)C1=CC(=O)CCCC1. The molecule has 0 N–H and O–H groups in total. The number of hydrogen-bond acceptors (Lipinski definition) is 1. The fraction of sp³-hybridized carbons (Fsp3) is 0.727. The molecule has 0 bridgehead atoms. The number of carbonyl (C=O) groups is 1. The van der Waals surface area contributed by atoms with Crippen LogP contribution in [-0.4, -0.2) is 5.78 Å². The van der Waals surface area contributed by atoms with Gasteiger partial charge in [-0.25, -0.2) is 0 Å². The van der Waals surface area contributed by atoms with E-state index in [1.165, 1.54) is 12.0 Å². The Kier molecular flexibility index (Phi) is 2.71. The summed E-state index contributed by atoms with van der Waals surface area (Å²) < 4.78 is 0. The maximum Gasteiger partial charge on any atom is 0.155 e. The monoisotopic (exact) mass is 166 g/mol. The smallest absolute Gasteiger partial charge is 0.155 e. The second kappa shape index (κ2) is 3.42. The summed E-state index contributed by atoms with van der Waals surface area (Å²) in [6.07, 6.45) is 5.96. The van der Waals surface area contributed by atoms with Crippen LogP contribution in [0.15, 0.2) is 11.6 Å². The first-order valence-corrected chi connectivity index (χ1v) is 4.74. The highest BCUT2D eigenvalue weighted by atomic mass is 16.1. The van der Waals surface area contributed by atoms with Gasteiger partial charge in [0.1, 0.15) is 0 Å². The average Bonchev–Trinajstić information content (AvgIpc) is 2.11. The normalized spacial score (nSPS) is 20.2. The van der Waals surface area contributed by atoms with E-state index in [1.807, 2.05) is 6.08 Å². The Bertz CT molecular complexity index is 206. The lowest BCUT2D eigenvalue weighted by molar-refractivity contribution is -0.114. The molecule has 12 heavy (non-hydrogen) atoms. The molecule has 0 radical (unpaired) electrons. The van der Waals surface area contributed by atoms with E-state index in [0.29, 0.717) is 5.78 Å². The molecular weight excluding hydrogens is 148 g/mol. The highest BCUT2D eigenvalue weighted by Crippen LogP contribution is 2.31. The van der Waals surface area contributed by atoms with Gasteiger partial charge in [-0.3, -0.25) is 4.79 Å². The summed E-state index contributed by atoms with van der Waals surface area (Å²) in [4.78, 5) is 11.3. The van der Waals surface area contributed by atoms with Gasteiger partial charge in [0.15, 0.2) is 5.78 Å². The van der Waals surface area contributed by atoms with Gasteiger partial charge in [0.05, 0.1) is 0 Å². The van der Waals surface area contributed by atoms with Crippen molar-refractivity contribution in [2.45, 2.75) is 46.5 Å². The van der Waals surface area contributed by atoms with Crippen molar-refractivity contribution < 1.29 is 4.79 Å². The summed E-state index contributed by atoms with van der Waals surface area (Å²) in [6, 6.07) is 0. The Balaban J connectivity index is 2.80. The summed E-state index contributed by atoms with van der Waals surface area (Å²) in [6.45, 7) is 6.53. The van der Waals surface area contributed by atoms with Crippen molar-refractivity contribution in [3.8, 4) is 0 Å². The minimum atomic E-state index is 0.181. The van der Waals surface area contributed by atoms with Gasteiger partial charge in [-0.2, -0.15) is 0 Å². The maximum absolute atomic E-state index is 11.3. The second-order valence-corrected chi connectivity index (χ2v) is 4.59. The van der Waals surface area contributed by atoms with Crippen LogP contribution in [-0.2, 0) is 4.79 Å². The van der Waals surface area contributed by atoms with Crippen molar-refractivity contribution >= 4 is 5.78 Å². The van der Waals surface area contributed by atoms with Crippen LogP contribution in [0.2, 0.25) is 0 Å². The number of carbonyl (C=O) groups excluding carboxylic acids is 1. The van der Waals surface area contributed by atoms with Crippen LogP contribution in [0.4, 0.5) is 0 Å². The number of rotatable bonds is 0. The molecule has 0 saturated carbocycles. The molecule has 1 aliphatic rings. The zero-order valence-electron chi connectivity index (χ0n) is 8.31. The van der Waals surface area contributed by atoms with Crippen molar-refractivity contribution in [2.75, 3.05) is 0 Å². The van der Waals surface area contributed by atoms with Crippen molar-refractivity contribution in [3.05, 3.63) is 11.6 Å². The van der Waals surface area contributed by atoms with Crippen LogP contribution in [0.25, 0.3) is 0 Å². The molecule has 0 unspecified atom stereocenters. The third-order valence-corrected chi connectivity index (χ3v) is 2.42. The minimum Gasteiger partial charge on any atom is -0.295 e. The molecule has 0 saturated heterocycles. The highest BCUT2D eigenvalue weighted by molar-refractivity contribution is 5.90. The van der Waals surface area contributed by atoms with Gasteiger partial charge in [0.2, 0.25) is 0 Å². The number of allylic oxidation sites excluding steroid dienone is 2. The fourth-order valence-corrected chi connectivity index (χ4v) is 1.54. The van der Waals surface area contributed by atoms with E-state index in [4.69, 9.17) is 0 Å². The Morgan fingerprint density at radius 2 is 1.75 bits per heavy atom. The van der Waals surface area contributed by atoms with E-state index in [2.05, 4.69) is 20.8 Å². The van der Waals surface area contributed by atoms with E-state index in [-0.39, 0.29) is 5.41 Å². The van der Waals surface area contributed by atoms with Gasteiger partial charge >= 0.3 is 0 Å². The Labute approximate surface area is 74.9 Å². The van der Waals surface area contributed by atoms with Gasteiger partial charge < -0.3 is 0 Å². The summed E-state index contributed by atoms with van der Waals surface area (Å²) in [5, 5.41) is 0. The molecule has 0 atom stereocenters. The molecule has 0 aromatic heterocycles. The zero-order valence-corrected chi connectivity index (χ0v) is 8.31. The van der Waals surface area contributed by atoms with Crippen LogP contribution in [0, 0.1) is 5.41 Å². The van der Waals surface area contributed by atoms with Gasteiger partial charge in [-0.15, -0.1) is 0 Å². The summed E-state index contributed by atoms with van der Waals surface area (Å²) in [5.41, 5.74) is 1.50. The summed E-state index contributed by atoms with van der Waals surface area (Å²) in [5.74, 6) is 0.317. The third kappa shape index (κ3) is 2.47. The molecular formula is C11H18O. The van der Waals surface area contributed by atoms with Crippen molar-refractivity contribution in [1.29, 1.82) is 0 Å². The lowest BCUT2D eigenvalue weighted by Gasteiger charge is -2.21. The zero-order chi connectivity index (χ0) is 9.19. The van der Waals surface area contributed by atoms with E-state index < -0.39 is 0 Å². The molecule has 0 heterocycles. The van der Waals surface area contributed by atoms with Gasteiger partial charge in [0, 0.05) is 6.42 Å². The van der Waals surface area contributed by atoms with Crippen molar-refractivity contribution in [1.82, 2.24) is 0 Å². The largest absolute Gasteiger partial charge is 0.295 e. The minimum absolute atomic E-state index is 0.181. The van der Waals surface area contributed by atoms with E-state index in [1.54, 1.807) is 0 Å². The van der Waals surface area contributed by atoms with Crippen LogP contribution in [0.5, 0.6) is 0 Å². The highest BCUT2D eigenvalue weighted by Gasteiger charge is 2.19. The van der Waals surface area contributed by atoms with Crippen molar-refractivity contribution in [2.24, 2.45) is 5.41 Å². The second-order valence-electron chi connectivity index (χ2n) is 4.59. The number of hydrogen-bond donors (Lipinski definition) is 0. The Morgan fingerprint density at radius 1 is 1.17 bits per heavy atom. The van der Waals surface area contributed by atoms with E-state index >= 15 is 0 Å². The molecule has 1 nitrogen and oxygen atoms in total. The standard InChI is InChI=1S/C11H18O/c1-11(2,3)9-6-4-5-7-10(12)8-9/h8H,4-7H2,1-3H3. The average molecular weight is 166 g/mol. The molecule has 0 spiro atoms. The molecule has 0 fully saturated rings. The van der Waals surface area contributed by atoms with E-state index in [9.17, 15) is 4.79 Å². The predicted octanol–water partition coefficient (Wildman–Crippen LogP) is 3.10. The fourth-order valence-electron chi connectivity index (χ4n) is 1.54. The molecule has 0 aliphatic heterocycles. The molecule has 1 aliphatic carbocycles. The lowest BCUT2D eigenvalue weighted by atomic mass is 9.84. The van der Waals surface area contributed by atoms with Crippen LogP contribution in [0.3, 0.4) is 0 Å². The van der Waals surface area contributed by atoms with Gasteiger partial charge in [-0.05, 0) is 30.8 Å². The molecule has 68 valence electrons. The van der Waals surface area contributed by atoms with Crippen LogP contribution < -0.4 is 0 Å². The molecule has 0 amide bonds. The first-order valence-electron chi connectivity index (χ1n) is 4.74. The Morgan fingerprint density at radius 3 is 2.33 bits per heavy atom. The predicted molar refractivity (Wildman–Crippen MR) is 51.0 cm³/mol. The molecule has 0 aromatic rings. The lowest BCUT2D eigenvalue weighted by Crippen LogP contribution is -2.09. The quantitative estimate of drug-likeness (QED) is 0.540. The molecule has 0 aromatic carbocycles. The van der Waals surface area contributed by atoms with Crippen LogP contribution >= 0.6 is 0 Å². The van der Waals surface area contributed by atoms with Crippen LogP contribution in [0.1, 0.15) is 46.5 Å². The number of ketones is 1. The Hall–Kier alpha value is -0.590. The maximum atomic E-state index is 11.3. The van der Waals surface area contributed by atoms with Gasteiger partial charge in [0.25, 0.3) is 0 Å². The van der Waals surface area contributed by atoms with E-state index in [0.717, 1.165) is 19.3 Å². The summed E-state index contributed by atoms with van der Waals surface area (Å²) in [7, 11) is 0. The first kappa shape index (κ1) is 9.50. The topological polar surface area (TPSA) is 17.1 Å². The summed E-state index contributed by atoms with van der Waals surface area (Å²) >= 11 is 0. The van der Waals surface area contributed by atoms with Gasteiger partial charge in [-0.1, -0.05) is 26.3 Å². The first-order chi connectivity index (χ1) is 5.50. The third-order valence-electron chi connectivity index (χ3n) is 2.42.